The van der Waals surface area contributed by atoms with E-state index in [-0.39, 0.29) is 5.97 Å². The van der Waals surface area contributed by atoms with Gasteiger partial charge in [0.2, 0.25) is 0 Å². The smallest absolute Gasteiger partial charge is 0.320 e. The molecule has 2 aliphatic rings. The van der Waals surface area contributed by atoms with Crippen molar-refractivity contribution in [2.24, 2.45) is 5.92 Å². The number of carboxylic acids is 1. The van der Waals surface area contributed by atoms with Gasteiger partial charge in [0, 0.05) is 12.5 Å². The highest BCUT2D eigenvalue weighted by molar-refractivity contribution is 5.73. The molecule has 2 aliphatic heterocycles. The van der Waals surface area contributed by atoms with Gasteiger partial charge in [0.05, 0.1) is 7.11 Å². The summed E-state index contributed by atoms with van der Waals surface area (Å²) in [5.41, 5.74) is 0. The molecule has 2 heterocycles. The number of aliphatic carboxylic acids is 1. The zero-order valence-corrected chi connectivity index (χ0v) is 12.7. The molecule has 0 amide bonds. The van der Waals surface area contributed by atoms with E-state index in [1.54, 1.807) is 0 Å². The lowest BCUT2D eigenvalue weighted by Gasteiger charge is -2.43. The number of rotatable bonds is 5. The first kappa shape index (κ1) is 16.2. The quantitative estimate of drug-likeness (QED) is 0.733. The number of esters is 1. The summed E-state index contributed by atoms with van der Waals surface area (Å²) in [6.45, 7) is 2.77. The Balaban J connectivity index is 1.90. The van der Waals surface area contributed by atoms with E-state index in [2.05, 4.69) is 15.0 Å². The Morgan fingerprint density at radius 2 is 2.00 bits per heavy atom. The molecule has 0 aromatic carbocycles. The van der Waals surface area contributed by atoms with Gasteiger partial charge in [-0.05, 0) is 57.7 Å². The van der Waals surface area contributed by atoms with Crippen molar-refractivity contribution in [3.8, 4) is 0 Å². The zero-order chi connectivity index (χ0) is 15.2. The highest BCUT2D eigenvalue weighted by atomic mass is 16.5. The molecule has 0 spiro atoms. The largest absolute Gasteiger partial charge is 0.480 e. The molecule has 120 valence electrons. The molecular weight excluding hydrogens is 272 g/mol. The minimum Gasteiger partial charge on any atom is -0.480 e. The first-order valence-corrected chi connectivity index (χ1v) is 7.88. The van der Waals surface area contributed by atoms with Crippen LogP contribution in [0.2, 0.25) is 0 Å². The third kappa shape index (κ3) is 4.41. The van der Waals surface area contributed by atoms with Crippen LogP contribution in [0.1, 0.15) is 38.5 Å². The third-order valence-electron chi connectivity index (χ3n) is 4.80. The van der Waals surface area contributed by atoms with Crippen LogP contribution in [-0.2, 0) is 14.3 Å². The van der Waals surface area contributed by atoms with Gasteiger partial charge in [-0.2, -0.15) is 0 Å². The van der Waals surface area contributed by atoms with E-state index in [1.165, 1.54) is 7.11 Å². The van der Waals surface area contributed by atoms with Gasteiger partial charge in [-0.15, -0.1) is 0 Å². The average molecular weight is 298 g/mol. The molecule has 6 nitrogen and oxygen atoms in total. The summed E-state index contributed by atoms with van der Waals surface area (Å²) in [7, 11) is 1.39. The molecule has 2 unspecified atom stereocenters. The molecule has 21 heavy (non-hydrogen) atoms. The SMILES string of the molecule is COC(=O)CCC1CCN(C2CCNCC2)C(C(=O)O)C1. The highest BCUT2D eigenvalue weighted by Gasteiger charge is 2.37. The van der Waals surface area contributed by atoms with Crippen LogP contribution >= 0.6 is 0 Å². The molecule has 2 rings (SSSR count). The summed E-state index contributed by atoms with van der Waals surface area (Å²) in [5.74, 6) is -0.623. The number of methoxy groups -OCH3 is 1. The van der Waals surface area contributed by atoms with E-state index in [4.69, 9.17) is 0 Å². The van der Waals surface area contributed by atoms with Crippen molar-refractivity contribution < 1.29 is 19.4 Å². The first-order chi connectivity index (χ1) is 10.1. The summed E-state index contributed by atoms with van der Waals surface area (Å²) in [5, 5.41) is 12.9. The maximum Gasteiger partial charge on any atom is 0.320 e. The summed E-state index contributed by atoms with van der Waals surface area (Å²) >= 11 is 0. The number of likely N-dealkylation sites (tertiary alicyclic amines) is 1. The summed E-state index contributed by atoms with van der Waals surface area (Å²) in [6.07, 6.45) is 4.80. The minimum absolute atomic E-state index is 0.206. The van der Waals surface area contributed by atoms with Crippen LogP contribution in [0, 0.1) is 5.92 Å². The Kier molecular flexibility index (Phi) is 5.99. The molecule has 0 saturated carbocycles. The van der Waals surface area contributed by atoms with Gasteiger partial charge in [-0.25, -0.2) is 0 Å². The van der Waals surface area contributed by atoms with E-state index in [0.29, 0.717) is 24.8 Å². The molecule has 6 heteroatoms. The second-order valence-corrected chi connectivity index (χ2v) is 6.08. The number of carbonyl (C=O) groups is 2. The third-order valence-corrected chi connectivity index (χ3v) is 4.80. The maximum absolute atomic E-state index is 11.6. The van der Waals surface area contributed by atoms with Gasteiger partial charge in [0.1, 0.15) is 6.04 Å². The van der Waals surface area contributed by atoms with Crippen LogP contribution < -0.4 is 5.32 Å². The van der Waals surface area contributed by atoms with Crippen LogP contribution in [-0.4, -0.2) is 60.8 Å². The van der Waals surface area contributed by atoms with E-state index < -0.39 is 12.0 Å². The van der Waals surface area contributed by atoms with E-state index >= 15 is 0 Å². The molecule has 0 radical (unpaired) electrons. The molecule has 0 aromatic rings. The normalized spacial score (nSPS) is 28.2. The predicted molar refractivity (Wildman–Crippen MR) is 78.0 cm³/mol. The van der Waals surface area contributed by atoms with Crippen molar-refractivity contribution in [1.29, 1.82) is 0 Å². The Labute approximate surface area is 125 Å². The van der Waals surface area contributed by atoms with Crippen molar-refractivity contribution in [3.63, 3.8) is 0 Å². The predicted octanol–water partition coefficient (Wildman–Crippen LogP) is 0.857. The summed E-state index contributed by atoms with van der Waals surface area (Å²) in [6, 6.07) is -0.0154. The van der Waals surface area contributed by atoms with Gasteiger partial charge in [0.15, 0.2) is 0 Å². The number of hydrogen-bond acceptors (Lipinski definition) is 5. The first-order valence-electron chi connectivity index (χ1n) is 7.88. The van der Waals surface area contributed by atoms with Crippen molar-refractivity contribution in [3.05, 3.63) is 0 Å². The van der Waals surface area contributed by atoms with Crippen LogP contribution in [0.25, 0.3) is 0 Å². The van der Waals surface area contributed by atoms with Gasteiger partial charge in [-0.3, -0.25) is 14.5 Å². The summed E-state index contributed by atoms with van der Waals surface area (Å²) in [4.78, 5) is 25.0. The van der Waals surface area contributed by atoms with Crippen molar-refractivity contribution in [2.45, 2.75) is 50.6 Å². The standard InChI is InChI=1S/C15H26N2O4/c1-21-14(18)3-2-11-6-9-17(13(10-11)15(19)20)12-4-7-16-8-5-12/h11-13,16H,2-10H2,1H3,(H,19,20). The maximum atomic E-state index is 11.6. The van der Waals surface area contributed by atoms with Crippen LogP contribution in [0.3, 0.4) is 0 Å². The van der Waals surface area contributed by atoms with Crippen molar-refractivity contribution >= 4 is 11.9 Å². The molecule has 2 fully saturated rings. The Morgan fingerprint density at radius 1 is 1.29 bits per heavy atom. The fraction of sp³-hybridized carbons (Fsp3) is 0.867. The fourth-order valence-corrected chi connectivity index (χ4v) is 3.56. The van der Waals surface area contributed by atoms with Crippen LogP contribution in [0.15, 0.2) is 0 Å². The van der Waals surface area contributed by atoms with Gasteiger partial charge >= 0.3 is 11.9 Å². The Morgan fingerprint density at radius 3 is 2.62 bits per heavy atom. The number of nitrogens with one attached hydrogen (secondary N) is 1. The second-order valence-electron chi connectivity index (χ2n) is 6.08. The van der Waals surface area contributed by atoms with Gasteiger partial charge in [0.25, 0.3) is 0 Å². The van der Waals surface area contributed by atoms with E-state index in [0.717, 1.165) is 45.3 Å². The van der Waals surface area contributed by atoms with Gasteiger partial charge in [-0.1, -0.05) is 0 Å². The topological polar surface area (TPSA) is 78.9 Å². The molecule has 2 atom stereocenters. The highest BCUT2D eigenvalue weighted by Crippen LogP contribution is 2.30. The minimum atomic E-state index is -0.726. The number of carboxylic acid groups (broad SMARTS) is 1. The lowest BCUT2D eigenvalue weighted by Crippen LogP contribution is -2.54. The van der Waals surface area contributed by atoms with Crippen LogP contribution in [0.4, 0.5) is 0 Å². The molecule has 0 aromatic heterocycles. The van der Waals surface area contributed by atoms with Crippen molar-refractivity contribution in [1.82, 2.24) is 10.2 Å². The number of ether oxygens (including phenoxy) is 1. The molecular formula is C15H26N2O4. The number of piperidine rings is 2. The number of hydrogen-bond donors (Lipinski definition) is 2. The number of nitrogens with zero attached hydrogens (tertiary/aromatic N) is 1. The van der Waals surface area contributed by atoms with E-state index in [1.807, 2.05) is 0 Å². The average Bonchev–Trinajstić information content (AvgIpc) is 2.53. The Bertz CT molecular complexity index is 369. The number of carbonyl (C=O) groups excluding carboxylic acids is 1. The zero-order valence-electron chi connectivity index (χ0n) is 12.7. The van der Waals surface area contributed by atoms with Crippen molar-refractivity contribution in [2.75, 3.05) is 26.7 Å². The lowest BCUT2D eigenvalue weighted by molar-refractivity contribution is -0.147. The molecule has 0 aliphatic carbocycles. The molecule has 2 N–H and O–H groups in total. The molecule has 0 bridgehead atoms. The molecule has 2 saturated heterocycles. The second kappa shape index (κ2) is 7.75. The lowest BCUT2D eigenvalue weighted by atomic mass is 9.85. The fourth-order valence-electron chi connectivity index (χ4n) is 3.56. The van der Waals surface area contributed by atoms with Gasteiger partial charge < -0.3 is 15.2 Å². The monoisotopic (exact) mass is 298 g/mol. The van der Waals surface area contributed by atoms with Crippen LogP contribution in [0.5, 0.6) is 0 Å². The van der Waals surface area contributed by atoms with E-state index in [9.17, 15) is 14.7 Å². The Hall–Kier alpha value is -1.14. The summed E-state index contributed by atoms with van der Waals surface area (Å²) < 4.78 is 4.66.